The molecule has 2 aliphatic rings. The fraction of sp³-hybridized carbons (Fsp3) is 0.200. The van der Waals surface area contributed by atoms with Crippen molar-refractivity contribution in [1.82, 2.24) is 15.2 Å². The molecule has 29 heavy (non-hydrogen) atoms. The first-order chi connectivity index (χ1) is 14.2. The first-order valence-electron chi connectivity index (χ1n) is 8.90. The normalized spacial score (nSPS) is 16.5. The number of fused-ring (bicyclic) bond motifs is 4. The summed E-state index contributed by atoms with van der Waals surface area (Å²) in [5, 5.41) is 8.97. The van der Waals surface area contributed by atoms with E-state index in [1.807, 2.05) is 48.7 Å². The molecule has 3 aromatic rings. The van der Waals surface area contributed by atoms with Crippen LogP contribution in [0.25, 0.3) is 11.3 Å². The highest BCUT2D eigenvalue weighted by atomic mass is 32.2. The molecule has 0 bridgehead atoms. The van der Waals surface area contributed by atoms with Crippen LogP contribution in [-0.2, 0) is 4.79 Å². The monoisotopic (exact) mass is 408 g/mol. The lowest BCUT2D eigenvalue weighted by Crippen LogP contribution is -2.36. The lowest BCUT2D eigenvalue weighted by Gasteiger charge is -2.29. The zero-order valence-corrected chi connectivity index (χ0v) is 16.5. The average Bonchev–Trinajstić information content (AvgIpc) is 3.15. The maximum atomic E-state index is 12.7. The van der Waals surface area contributed by atoms with Gasteiger partial charge in [0.1, 0.15) is 0 Å². The van der Waals surface area contributed by atoms with Crippen LogP contribution in [-0.4, -0.2) is 34.1 Å². The quantitative estimate of drug-likeness (QED) is 0.596. The number of para-hydroxylation sites is 1. The van der Waals surface area contributed by atoms with Crippen LogP contribution in [0.1, 0.15) is 18.7 Å². The number of anilines is 1. The summed E-state index contributed by atoms with van der Waals surface area (Å²) in [6.07, 6.45) is 1.11. The summed E-state index contributed by atoms with van der Waals surface area (Å²) in [4.78, 5) is 18.8. The SMILES string of the molecule is CSc1nnc2c(n1)OC(c1ccc3c(c1)OCO3)N(C(C)=O)c1ccccc1-2. The first-order valence-corrected chi connectivity index (χ1v) is 10.1. The number of hydrogen-bond acceptors (Lipinski definition) is 8. The fourth-order valence-electron chi connectivity index (χ4n) is 3.42. The number of hydrogen-bond donors (Lipinski definition) is 0. The summed E-state index contributed by atoms with van der Waals surface area (Å²) < 4.78 is 17.2. The van der Waals surface area contributed by atoms with E-state index < -0.39 is 6.23 Å². The summed E-state index contributed by atoms with van der Waals surface area (Å²) in [5.41, 5.74) is 2.63. The number of aromatic nitrogens is 3. The molecule has 0 spiro atoms. The topological polar surface area (TPSA) is 86.7 Å². The van der Waals surface area contributed by atoms with Gasteiger partial charge in [-0.2, -0.15) is 4.98 Å². The molecule has 0 fully saturated rings. The molecular formula is C20H16N4O4S. The van der Waals surface area contributed by atoms with E-state index >= 15 is 0 Å². The number of amides is 1. The van der Waals surface area contributed by atoms with Crippen molar-refractivity contribution in [2.45, 2.75) is 18.3 Å². The second-order valence-electron chi connectivity index (χ2n) is 6.44. The van der Waals surface area contributed by atoms with E-state index in [2.05, 4.69) is 15.2 Å². The Morgan fingerprint density at radius 2 is 1.97 bits per heavy atom. The molecule has 3 heterocycles. The highest BCUT2D eigenvalue weighted by molar-refractivity contribution is 7.98. The van der Waals surface area contributed by atoms with Gasteiger partial charge in [-0.3, -0.25) is 9.69 Å². The molecule has 146 valence electrons. The highest BCUT2D eigenvalue weighted by Gasteiger charge is 2.35. The Labute approximate surface area is 170 Å². The van der Waals surface area contributed by atoms with Crippen molar-refractivity contribution in [3.8, 4) is 28.6 Å². The summed E-state index contributed by atoms with van der Waals surface area (Å²) in [7, 11) is 0. The molecule has 0 aliphatic carbocycles. The maximum absolute atomic E-state index is 12.7. The van der Waals surface area contributed by atoms with Crippen LogP contribution in [0.3, 0.4) is 0 Å². The van der Waals surface area contributed by atoms with Crippen LogP contribution in [0.2, 0.25) is 0 Å². The Morgan fingerprint density at radius 1 is 1.14 bits per heavy atom. The predicted octanol–water partition coefficient (Wildman–Crippen LogP) is 3.43. The Morgan fingerprint density at radius 3 is 2.79 bits per heavy atom. The van der Waals surface area contributed by atoms with Gasteiger partial charge in [-0.25, -0.2) is 0 Å². The number of benzene rings is 2. The third kappa shape index (κ3) is 2.94. The van der Waals surface area contributed by atoms with Crippen molar-refractivity contribution >= 4 is 23.4 Å². The summed E-state index contributed by atoms with van der Waals surface area (Å²) >= 11 is 1.37. The van der Waals surface area contributed by atoms with Crippen LogP contribution in [0.4, 0.5) is 5.69 Å². The van der Waals surface area contributed by atoms with E-state index in [-0.39, 0.29) is 12.7 Å². The fourth-order valence-corrected chi connectivity index (χ4v) is 3.72. The minimum Gasteiger partial charge on any atom is -0.454 e. The summed E-state index contributed by atoms with van der Waals surface area (Å²) in [6.45, 7) is 1.67. The van der Waals surface area contributed by atoms with Crippen molar-refractivity contribution in [3.63, 3.8) is 0 Å². The van der Waals surface area contributed by atoms with Gasteiger partial charge in [0.05, 0.1) is 5.69 Å². The molecular weight excluding hydrogens is 392 g/mol. The predicted molar refractivity (Wildman–Crippen MR) is 106 cm³/mol. The van der Waals surface area contributed by atoms with E-state index in [0.717, 1.165) is 11.1 Å². The van der Waals surface area contributed by atoms with E-state index in [1.165, 1.54) is 18.7 Å². The molecule has 0 radical (unpaired) electrons. The second-order valence-corrected chi connectivity index (χ2v) is 7.21. The largest absolute Gasteiger partial charge is 0.454 e. The smallest absolute Gasteiger partial charge is 0.247 e. The molecule has 1 unspecified atom stereocenters. The number of carbonyl (C=O) groups is 1. The average molecular weight is 408 g/mol. The molecule has 0 saturated carbocycles. The van der Waals surface area contributed by atoms with Crippen LogP contribution in [0.5, 0.6) is 17.4 Å². The number of thioether (sulfide) groups is 1. The van der Waals surface area contributed by atoms with Gasteiger partial charge in [0, 0.05) is 18.1 Å². The van der Waals surface area contributed by atoms with Crippen LogP contribution in [0.15, 0.2) is 47.6 Å². The van der Waals surface area contributed by atoms with Crippen molar-refractivity contribution in [2.75, 3.05) is 17.9 Å². The molecule has 1 aromatic heterocycles. The van der Waals surface area contributed by atoms with E-state index in [9.17, 15) is 4.79 Å². The van der Waals surface area contributed by atoms with E-state index in [4.69, 9.17) is 14.2 Å². The van der Waals surface area contributed by atoms with Crippen LogP contribution >= 0.6 is 11.8 Å². The van der Waals surface area contributed by atoms with Crippen molar-refractivity contribution in [1.29, 1.82) is 0 Å². The Bertz CT molecular complexity index is 1120. The summed E-state index contributed by atoms with van der Waals surface area (Å²) in [5.74, 6) is 1.42. The zero-order chi connectivity index (χ0) is 20.0. The van der Waals surface area contributed by atoms with E-state index in [0.29, 0.717) is 33.9 Å². The third-order valence-corrected chi connectivity index (χ3v) is 5.25. The molecule has 2 aliphatic heterocycles. The highest BCUT2D eigenvalue weighted by Crippen LogP contribution is 2.44. The number of rotatable bonds is 2. The Kier molecular flexibility index (Phi) is 4.24. The minimum atomic E-state index is -0.754. The standard InChI is InChI=1S/C20H16N4O4S/c1-11(25)24-14-6-4-3-5-13(14)17-18(21-20(29-2)23-22-17)28-19(24)12-7-8-15-16(9-12)27-10-26-15/h3-9,19H,10H2,1-2H3. The minimum absolute atomic E-state index is 0.167. The second kappa shape index (κ2) is 6.93. The maximum Gasteiger partial charge on any atom is 0.247 e. The number of ether oxygens (including phenoxy) is 3. The van der Waals surface area contributed by atoms with Gasteiger partial charge < -0.3 is 14.2 Å². The molecule has 1 atom stereocenters. The van der Waals surface area contributed by atoms with Gasteiger partial charge in [-0.05, 0) is 30.5 Å². The van der Waals surface area contributed by atoms with Gasteiger partial charge >= 0.3 is 0 Å². The van der Waals surface area contributed by atoms with Gasteiger partial charge in [0.15, 0.2) is 17.2 Å². The van der Waals surface area contributed by atoms with Crippen molar-refractivity contribution in [2.24, 2.45) is 0 Å². The molecule has 9 heteroatoms. The van der Waals surface area contributed by atoms with Gasteiger partial charge in [0.25, 0.3) is 0 Å². The molecule has 0 N–H and O–H groups in total. The summed E-state index contributed by atoms with van der Waals surface area (Å²) in [6, 6.07) is 13.0. The van der Waals surface area contributed by atoms with Crippen molar-refractivity contribution in [3.05, 3.63) is 48.0 Å². The molecule has 2 aromatic carbocycles. The first kappa shape index (κ1) is 17.7. The van der Waals surface area contributed by atoms with Gasteiger partial charge in [-0.15, -0.1) is 10.2 Å². The number of nitrogens with zero attached hydrogens (tertiary/aromatic N) is 4. The Balaban J connectivity index is 1.72. The molecule has 8 nitrogen and oxygen atoms in total. The van der Waals surface area contributed by atoms with E-state index in [1.54, 1.807) is 4.90 Å². The lowest BCUT2D eigenvalue weighted by atomic mass is 10.1. The molecule has 5 rings (SSSR count). The lowest BCUT2D eigenvalue weighted by molar-refractivity contribution is -0.118. The van der Waals surface area contributed by atoms with Gasteiger partial charge in [0.2, 0.25) is 30.0 Å². The van der Waals surface area contributed by atoms with Crippen LogP contribution in [0, 0.1) is 0 Å². The Hall–Kier alpha value is -3.33. The zero-order valence-electron chi connectivity index (χ0n) is 15.7. The van der Waals surface area contributed by atoms with Crippen LogP contribution < -0.4 is 19.1 Å². The van der Waals surface area contributed by atoms with Gasteiger partial charge in [-0.1, -0.05) is 30.0 Å². The molecule has 0 saturated heterocycles. The molecule has 1 amide bonds. The number of carbonyl (C=O) groups excluding carboxylic acids is 1. The third-order valence-electron chi connectivity index (χ3n) is 4.72. The van der Waals surface area contributed by atoms with Crippen molar-refractivity contribution < 1.29 is 19.0 Å².